The van der Waals surface area contributed by atoms with Gasteiger partial charge in [-0.05, 0) is 90.5 Å². The number of pyridine rings is 1. The zero-order chi connectivity index (χ0) is 37.2. The first-order chi connectivity index (χ1) is 26.3. The molecule has 54 heavy (non-hydrogen) atoms. The Morgan fingerprint density at radius 1 is 0.889 bits per heavy atom. The average Bonchev–Trinajstić information content (AvgIpc) is 3.18. The van der Waals surface area contributed by atoms with Gasteiger partial charge < -0.3 is 34.9 Å². The van der Waals surface area contributed by atoms with Crippen molar-refractivity contribution < 1.29 is 29.3 Å². The highest BCUT2D eigenvalue weighted by molar-refractivity contribution is 5.98. The summed E-state index contributed by atoms with van der Waals surface area (Å²) in [6.07, 6.45) is 1.19. The number of amides is 1. The summed E-state index contributed by atoms with van der Waals surface area (Å²) in [5.74, 6) is 0.642. The third-order valence-electron chi connectivity index (χ3n) is 11.2. The molecule has 11 heteroatoms. The number of carbonyl (C=O) groups is 2. The van der Waals surface area contributed by atoms with Gasteiger partial charge in [0.05, 0.1) is 11.6 Å². The molecule has 2 atom stereocenters. The minimum atomic E-state index is -0.870. The monoisotopic (exact) mass is 728 g/mol. The van der Waals surface area contributed by atoms with Gasteiger partial charge in [-0.1, -0.05) is 60.7 Å². The fourth-order valence-corrected chi connectivity index (χ4v) is 8.04. The molecule has 1 aromatic heterocycles. The second-order valence-corrected chi connectivity index (χ2v) is 14.8. The molecule has 0 radical (unpaired) electrons. The second-order valence-electron chi connectivity index (χ2n) is 14.8. The highest BCUT2D eigenvalue weighted by atomic mass is 16.5. The maximum atomic E-state index is 13.8. The van der Waals surface area contributed by atoms with E-state index in [1.807, 2.05) is 54.6 Å². The van der Waals surface area contributed by atoms with Crippen molar-refractivity contribution in [3.63, 3.8) is 0 Å². The molecule has 4 aliphatic rings. The standard InChI is InChI=1S/C43H44N4O7/c48-36-16-14-34(35-15-17-39(50)45-40(35)36)37(49)23-44-22-28-6-8-29(9-7-28)25-53-33-12-10-31(11-13-33)41(51)47-26-43(27-47,32-4-2-1-3-5-32)42(52)54-38-24-46-20-18-30(38)19-21-46/h1-17,30,37-38,44,48-49H,18-27H2,(H,45,50). The van der Waals surface area contributed by atoms with Crippen LogP contribution in [-0.4, -0.2) is 82.2 Å². The molecular formula is C43H44N4O7. The van der Waals surface area contributed by atoms with Crippen molar-refractivity contribution in [3.05, 3.63) is 141 Å². The number of likely N-dealkylation sites (tertiary alicyclic amines) is 1. The van der Waals surface area contributed by atoms with Crippen LogP contribution in [0.2, 0.25) is 0 Å². The van der Waals surface area contributed by atoms with E-state index in [0.717, 1.165) is 49.2 Å². The van der Waals surface area contributed by atoms with Crippen molar-refractivity contribution >= 4 is 22.8 Å². The summed E-state index contributed by atoms with van der Waals surface area (Å²) in [4.78, 5) is 45.7. The van der Waals surface area contributed by atoms with Gasteiger partial charge in [-0.15, -0.1) is 0 Å². The SMILES string of the molecule is O=C(c1ccc(OCc2ccc(CNCC(O)c3ccc(O)c4[nH]c(=O)ccc34)cc2)cc1)N1CC(C(=O)OC2CN3CCC2CC3)(c2ccccc2)C1. The maximum Gasteiger partial charge on any atom is 0.320 e. The lowest BCUT2D eigenvalue weighted by Gasteiger charge is -2.50. The minimum Gasteiger partial charge on any atom is -0.506 e. The lowest BCUT2D eigenvalue weighted by molar-refractivity contribution is -0.171. The van der Waals surface area contributed by atoms with Crippen molar-refractivity contribution in [2.75, 3.05) is 39.3 Å². The Bertz CT molecular complexity index is 2170. The number of piperidine rings is 3. The first-order valence-corrected chi connectivity index (χ1v) is 18.6. The largest absolute Gasteiger partial charge is 0.506 e. The number of carbonyl (C=O) groups excluding carboxylic acids is 2. The molecule has 278 valence electrons. The molecule has 5 aromatic rings. The summed E-state index contributed by atoms with van der Waals surface area (Å²) in [5, 5.41) is 24.8. The maximum absolute atomic E-state index is 13.8. The summed E-state index contributed by atoms with van der Waals surface area (Å²) in [7, 11) is 0. The Morgan fingerprint density at radius 2 is 1.61 bits per heavy atom. The molecule has 2 bridgehead atoms. The number of aromatic nitrogens is 1. The number of fused-ring (bicyclic) bond motifs is 4. The number of aliphatic hydroxyl groups excluding tert-OH is 1. The van der Waals surface area contributed by atoms with Crippen LogP contribution in [0.1, 0.15) is 51.6 Å². The molecule has 4 saturated heterocycles. The highest BCUT2D eigenvalue weighted by Gasteiger charge is 2.54. The summed E-state index contributed by atoms with van der Waals surface area (Å²) in [5.41, 5.74) is 3.14. The van der Waals surface area contributed by atoms with E-state index in [4.69, 9.17) is 9.47 Å². The fourth-order valence-electron chi connectivity index (χ4n) is 8.04. The van der Waals surface area contributed by atoms with Crippen molar-refractivity contribution in [1.29, 1.82) is 0 Å². The number of hydrogen-bond acceptors (Lipinski definition) is 9. The van der Waals surface area contributed by atoms with Crippen LogP contribution in [0.4, 0.5) is 0 Å². The molecule has 4 aromatic carbocycles. The van der Waals surface area contributed by atoms with Crippen LogP contribution in [-0.2, 0) is 28.1 Å². The summed E-state index contributed by atoms with van der Waals surface area (Å²) in [6, 6.07) is 30.8. The Balaban J connectivity index is 0.820. The zero-order valence-corrected chi connectivity index (χ0v) is 29.9. The lowest BCUT2D eigenvalue weighted by atomic mass is 9.73. The number of nitrogens with one attached hydrogen (secondary N) is 2. The van der Waals surface area contributed by atoms with Crippen LogP contribution in [0, 0.1) is 5.92 Å². The van der Waals surface area contributed by atoms with E-state index in [1.54, 1.807) is 41.3 Å². The third kappa shape index (κ3) is 7.22. The molecule has 11 nitrogen and oxygen atoms in total. The third-order valence-corrected chi connectivity index (χ3v) is 11.2. The van der Waals surface area contributed by atoms with Gasteiger partial charge in [-0.2, -0.15) is 0 Å². The summed E-state index contributed by atoms with van der Waals surface area (Å²) < 4.78 is 12.2. The number of esters is 1. The second kappa shape index (κ2) is 15.1. The highest BCUT2D eigenvalue weighted by Crippen LogP contribution is 2.39. The van der Waals surface area contributed by atoms with E-state index >= 15 is 0 Å². The number of rotatable bonds is 12. The molecule has 4 fully saturated rings. The van der Waals surface area contributed by atoms with E-state index in [1.165, 1.54) is 12.1 Å². The first kappa shape index (κ1) is 35.5. The Labute approximate surface area is 313 Å². The van der Waals surface area contributed by atoms with E-state index in [2.05, 4.69) is 15.2 Å². The van der Waals surface area contributed by atoms with Gasteiger partial charge in [0, 0.05) is 49.7 Å². The molecule has 5 heterocycles. The van der Waals surface area contributed by atoms with Crippen molar-refractivity contribution in [1.82, 2.24) is 20.1 Å². The molecule has 9 rings (SSSR count). The van der Waals surface area contributed by atoms with Crippen LogP contribution < -0.4 is 15.6 Å². The average molecular weight is 729 g/mol. The molecule has 0 aliphatic carbocycles. The van der Waals surface area contributed by atoms with E-state index < -0.39 is 11.5 Å². The number of ether oxygens (including phenoxy) is 2. The predicted molar refractivity (Wildman–Crippen MR) is 203 cm³/mol. The number of aromatic hydroxyl groups is 1. The number of benzene rings is 4. The minimum absolute atomic E-state index is 0.0454. The van der Waals surface area contributed by atoms with E-state index in [0.29, 0.717) is 46.8 Å². The number of nitrogens with zero attached hydrogens (tertiary/aromatic N) is 2. The van der Waals surface area contributed by atoms with Gasteiger partial charge in [0.15, 0.2) is 0 Å². The quantitative estimate of drug-likeness (QED) is 0.135. The lowest BCUT2D eigenvalue weighted by Crippen LogP contribution is -2.66. The summed E-state index contributed by atoms with van der Waals surface area (Å²) >= 11 is 0. The van der Waals surface area contributed by atoms with Gasteiger partial charge in [0.25, 0.3) is 5.91 Å². The molecule has 0 saturated carbocycles. The molecule has 4 N–H and O–H groups in total. The number of aromatic amines is 1. The van der Waals surface area contributed by atoms with Crippen LogP contribution in [0.5, 0.6) is 11.5 Å². The predicted octanol–water partition coefficient (Wildman–Crippen LogP) is 4.67. The van der Waals surface area contributed by atoms with Crippen LogP contribution in [0.3, 0.4) is 0 Å². The molecule has 0 spiro atoms. The van der Waals surface area contributed by atoms with Gasteiger partial charge in [-0.3, -0.25) is 19.3 Å². The Hall–Kier alpha value is -5.49. The van der Waals surface area contributed by atoms with Gasteiger partial charge >= 0.3 is 5.97 Å². The van der Waals surface area contributed by atoms with Gasteiger partial charge in [-0.25, -0.2) is 0 Å². The number of phenolic OH excluding ortho intramolecular Hbond substituents is 1. The fraction of sp³-hybridized carbons (Fsp3) is 0.326. The van der Waals surface area contributed by atoms with Crippen molar-refractivity contribution in [3.8, 4) is 11.5 Å². The van der Waals surface area contributed by atoms with Crippen molar-refractivity contribution in [2.45, 2.75) is 43.6 Å². The number of phenols is 1. The first-order valence-electron chi connectivity index (χ1n) is 18.6. The normalized spacial score (nSPS) is 20.6. The Morgan fingerprint density at radius 3 is 2.31 bits per heavy atom. The van der Waals surface area contributed by atoms with Crippen LogP contribution in [0.15, 0.2) is 108 Å². The number of aliphatic hydroxyl groups is 1. The summed E-state index contributed by atoms with van der Waals surface area (Å²) in [6.45, 7) is 4.65. The smallest absolute Gasteiger partial charge is 0.320 e. The van der Waals surface area contributed by atoms with Crippen LogP contribution >= 0.6 is 0 Å². The molecule has 1 amide bonds. The zero-order valence-electron chi connectivity index (χ0n) is 29.9. The number of hydrogen-bond donors (Lipinski definition) is 4. The molecular weight excluding hydrogens is 684 g/mol. The topological polar surface area (TPSA) is 144 Å². The van der Waals surface area contributed by atoms with E-state index in [9.17, 15) is 24.6 Å². The van der Waals surface area contributed by atoms with E-state index in [-0.39, 0.29) is 48.9 Å². The Kier molecular flexibility index (Phi) is 9.93. The number of H-pyrrole nitrogens is 1. The van der Waals surface area contributed by atoms with Gasteiger partial charge in [0.1, 0.15) is 29.6 Å². The van der Waals surface area contributed by atoms with Gasteiger partial charge in [0.2, 0.25) is 5.56 Å². The van der Waals surface area contributed by atoms with Crippen molar-refractivity contribution in [2.24, 2.45) is 5.92 Å². The molecule has 4 aliphatic heterocycles. The van der Waals surface area contributed by atoms with Crippen LogP contribution in [0.25, 0.3) is 10.9 Å². The molecule has 2 unspecified atom stereocenters.